The second kappa shape index (κ2) is 5.87. The highest BCUT2D eigenvalue weighted by molar-refractivity contribution is 5.84. The van der Waals surface area contributed by atoms with E-state index in [2.05, 4.69) is 5.92 Å². The lowest BCUT2D eigenvalue weighted by Gasteiger charge is -2.28. The van der Waals surface area contributed by atoms with Gasteiger partial charge in [-0.2, -0.15) is 0 Å². The molecular formula is C15H17O4-. The van der Waals surface area contributed by atoms with Crippen LogP contribution < -0.4 is 5.11 Å². The Morgan fingerprint density at radius 1 is 1.11 bits per heavy atom. The van der Waals surface area contributed by atoms with E-state index < -0.39 is 17.2 Å². The van der Waals surface area contributed by atoms with Crippen molar-refractivity contribution in [2.75, 3.05) is 0 Å². The largest absolute Gasteiger partial charge is 0.537 e. The van der Waals surface area contributed by atoms with E-state index in [1.54, 1.807) is 13.8 Å². The Kier molecular flexibility index (Phi) is 4.71. The summed E-state index contributed by atoms with van der Waals surface area (Å²) in [6, 6.07) is 9.56. The van der Waals surface area contributed by atoms with Crippen LogP contribution in [0.25, 0.3) is 0 Å². The number of carboxylic acid groups (broad SMARTS) is 1. The van der Waals surface area contributed by atoms with Crippen LogP contribution in [0.2, 0.25) is 0 Å². The molecular weight excluding hydrogens is 244 g/mol. The Morgan fingerprint density at radius 3 is 2.21 bits per heavy atom. The molecule has 0 heterocycles. The van der Waals surface area contributed by atoms with E-state index in [-0.39, 0.29) is 0 Å². The van der Waals surface area contributed by atoms with E-state index in [4.69, 9.17) is 9.78 Å². The van der Waals surface area contributed by atoms with Crippen LogP contribution >= 0.6 is 0 Å². The van der Waals surface area contributed by atoms with Gasteiger partial charge in [0, 0.05) is 0 Å². The summed E-state index contributed by atoms with van der Waals surface area (Å²) in [7, 11) is 0. The molecule has 0 bridgehead atoms. The third-order valence-electron chi connectivity index (χ3n) is 2.39. The number of carbonyl (C=O) groups excluding carboxylic acids is 1. The summed E-state index contributed by atoms with van der Waals surface area (Å²) in [6.45, 7) is 6.93. The molecule has 1 aromatic carbocycles. The maximum atomic E-state index is 10.3. The number of aliphatic carboxylic acids is 1. The third kappa shape index (κ3) is 5.12. The van der Waals surface area contributed by atoms with Gasteiger partial charge in [0.05, 0.1) is 0 Å². The van der Waals surface area contributed by atoms with Crippen molar-refractivity contribution in [2.24, 2.45) is 0 Å². The summed E-state index contributed by atoms with van der Waals surface area (Å²) < 4.78 is 0. The van der Waals surface area contributed by atoms with Crippen LogP contribution in [-0.2, 0) is 20.2 Å². The molecule has 19 heavy (non-hydrogen) atoms. The quantitative estimate of drug-likeness (QED) is 0.467. The average Bonchev–Trinajstić information content (AvgIpc) is 2.36. The number of benzene rings is 1. The van der Waals surface area contributed by atoms with Gasteiger partial charge in [0.25, 0.3) is 0 Å². The zero-order chi connectivity index (χ0) is 14.5. The number of carboxylic acids is 1. The van der Waals surface area contributed by atoms with E-state index >= 15 is 0 Å². The summed E-state index contributed by atoms with van der Waals surface area (Å²) in [5.41, 5.74) is -0.757. The molecule has 1 rings (SSSR count). The second-order valence-electron chi connectivity index (χ2n) is 5.09. The summed E-state index contributed by atoms with van der Waals surface area (Å²) in [6.07, 6.45) is 0. The summed E-state index contributed by atoms with van der Waals surface area (Å²) in [4.78, 5) is 20.9. The van der Waals surface area contributed by atoms with Gasteiger partial charge in [-0.3, -0.25) is 0 Å². The monoisotopic (exact) mass is 261 g/mol. The lowest BCUT2D eigenvalue weighted by molar-refractivity contribution is -0.393. The first-order valence-electron chi connectivity index (χ1n) is 5.89. The van der Waals surface area contributed by atoms with Crippen molar-refractivity contribution in [2.45, 2.75) is 38.9 Å². The van der Waals surface area contributed by atoms with E-state index in [9.17, 15) is 9.90 Å². The Morgan fingerprint density at radius 2 is 1.68 bits per heavy atom. The molecule has 0 N–H and O–H groups in total. The highest BCUT2D eigenvalue weighted by Gasteiger charge is 2.27. The first-order valence-corrected chi connectivity index (χ1v) is 5.89. The molecule has 1 aromatic rings. The first kappa shape index (κ1) is 15.2. The molecule has 0 aliphatic carbocycles. The number of rotatable bonds is 4. The standard InChI is InChI=1S/C15H18O4/c1-14(2,11-10-13(16)17)18-19-15(3,4)12-8-6-5-7-9-12/h5-9H,1-4H3,(H,16,17)/p-1. The first-order chi connectivity index (χ1) is 8.73. The fraction of sp³-hybridized carbons (Fsp3) is 0.400. The fourth-order valence-corrected chi connectivity index (χ4v) is 1.32. The molecule has 0 fully saturated rings. The van der Waals surface area contributed by atoms with Gasteiger partial charge in [0.15, 0.2) is 5.60 Å². The van der Waals surface area contributed by atoms with E-state index in [0.29, 0.717) is 0 Å². The second-order valence-corrected chi connectivity index (χ2v) is 5.09. The van der Waals surface area contributed by atoms with E-state index in [1.165, 1.54) is 0 Å². The van der Waals surface area contributed by atoms with Gasteiger partial charge in [-0.25, -0.2) is 9.78 Å². The summed E-state index contributed by atoms with van der Waals surface area (Å²) in [5.74, 6) is 2.89. The smallest absolute Gasteiger partial charge is 0.158 e. The molecule has 0 atom stereocenters. The summed E-state index contributed by atoms with van der Waals surface area (Å²) >= 11 is 0. The van der Waals surface area contributed by atoms with Crippen LogP contribution in [0.4, 0.5) is 0 Å². The molecule has 0 saturated heterocycles. The Bertz CT molecular complexity index is 492. The van der Waals surface area contributed by atoms with Gasteiger partial charge in [-0.05, 0) is 39.2 Å². The molecule has 0 aromatic heterocycles. The minimum atomic E-state index is -1.45. The Balaban J connectivity index is 2.71. The minimum Gasteiger partial charge on any atom is -0.537 e. The van der Waals surface area contributed by atoms with Crippen molar-refractivity contribution in [3.05, 3.63) is 35.9 Å². The van der Waals surface area contributed by atoms with E-state index in [1.807, 2.05) is 50.1 Å². The van der Waals surface area contributed by atoms with Crippen molar-refractivity contribution >= 4 is 5.97 Å². The van der Waals surface area contributed by atoms with Crippen molar-refractivity contribution in [1.29, 1.82) is 0 Å². The predicted octanol–water partition coefficient (Wildman–Crippen LogP) is 1.40. The molecule has 4 heteroatoms. The number of carbonyl (C=O) groups is 1. The molecule has 0 aliphatic rings. The zero-order valence-electron chi connectivity index (χ0n) is 11.5. The lowest BCUT2D eigenvalue weighted by Crippen LogP contribution is -2.30. The topological polar surface area (TPSA) is 58.6 Å². The Hall–Kier alpha value is -1.83. The van der Waals surface area contributed by atoms with Gasteiger partial charge >= 0.3 is 0 Å². The molecule has 0 saturated carbocycles. The SMILES string of the molecule is CC(C)(C#CC(=O)[O-])OOC(C)(C)c1ccccc1. The molecule has 4 nitrogen and oxygen atoms in total. The van der Waals surface area contributed by atoms with Gasteiger partial charge in [0.2, 0.25) is 0 Å². The van der Waals surface area contributed by atoms with Crippen molar-refractivity contribution in [3.63, 3.8) is 0 Å². The van der Waals surface area contributed by atoms with Crippen molar-refractivity contribution in [3.8, 4) is 11.8 Å². The maximum absolute atomic E-state index is 10.3. The molecule has 102 valence electrons. The minimum absolute atomic E-state index is 0.665. The van der Waals surface area contributed by atoms with E-state index in [0.717, 1.165) is 5.56 Å². The predicted molar refractivity (Wildman–Crippen MR) is 68.5 cm³/mol. The summed E-state index contributed by atoms with van der Waals surface area (Å²) in [5, 5.41) is 10.3. The highest BCUT2D eigenvalue weighted by atomic mass is 17.2. The van der Waals surface area contributed by atoms with Gasteiger partial charge in [0.1, 0.15) is 11.6 Å². The van der Waals surface area contributed by atoms with Crippen LogP contribution in [0, 0.1) is 11.8 Å². The van der Waals surface area contributed by atoms with Crippen LogP contribution in [0.3, 0.4) is 0 Å². The van der Waals surface area contributed by atoms with Crippen LogP contribution in [0.5, 0.6) is 0 Å². The van der Waals surface area contributed by atoms with Crippen LogP contribution in [-0.4, -0.2) is 11.6 Å². The lowest BCUT2D eigenvalue weighted by atomic mass is 9.99. The van der Waals surface area contributed by atoms with Gasteiger partial charge in [-0.15, -0.1) is 0 Å². The third-order valence-corrected chi connectivity index (χ3v) is 2.39. The van der Waals surface area contributed by atoms with Crippen molar-refractivity contribution in [1.82, 2.24) is 0 Å². The molecule has 0 unspecified atom stereocenters. The molecule has 0 amide bonds. The van der Waals surface area contributed by atoms with Crippen LogP contribution in [0.1, 0.15) is 33.3 Å². The number of hydrogen-bond donors (Lipinski definition) is 0. The van der Waals surface area contributed by atoms with Gasteiger partial charge < -0.3 is 9.90 Å². The molecule has 0 spiro atoms. The van der Waals surface area contributed by atoms with Crippen LogP contribution in [0.15, 0.2) is 30.3 Å². The number of hydrogen-bond acceptors (Lipinski definition) is 4. The molecule has 0 aliphatic heterocycles. The zero-order valence-corrected chi connectivity index (χ0v) is 11.5. The normalized spacial score (nSPS) is 11.6. The highest BCUT2D eigenvalue weighted by Crippen LogP contribution is 2.26. The Labute approximate surface area is 113 Å². The fourth-order valence-electron chi connectivity index (χ4n) is 1.32. The molecule has 0 radical (unpaired) electrons. The van der Waals surface area contributed by atoms with Crippen molar-refractivity contribution < 1.29 is 19.7 Å². The van der Waals surface area contributed by atoms with Gasteiger partial charge in [-0.1, -0.05) is 36.3 Å². The maximum Gasteiger partial charge on any atom is 0.158 e. The average molecular weight is 261 g/mol.